The molecule has 4 heteroatoms. The van der Waals surface area contributed by atoms with Crippen molar-refractivity contribution in [1.82, 2.24) is 0 Å². The number of ether oxygens (including phenoxy) is 1. The zero-order valence-corrected chi connectivity index (χ0v) is 12.5. The first kappa shape index (κ1) is 14.1. The van der Waals surface area contributed by atoms with Gasteiger partial charge in [0.1, 0.15) is 5.75 Å². The van der Waals surface area contributed by atoms with Gasteiger partial charge >= 0.3 is 0 Å². The van der Waals surface area contributed by atoms with E-state index in [0.717, 1.165) is 14.8 Å². The Morgan fingerprint density at radius 1 is 1.16 bits per heavy atom. The third-order valence-corrected chi connectivity index (χ3v) is 3.92. The molecule has 19 heavy (non-hydrogen) atoms. The highest BCUT2D eigenvalue weighted by molar-refractivity contribution is 7.99. The molecule has 0 amide bonds. The van der Waals surface area contributed by atoms with E-state index in [1.54, 1.807) is 11.8 Å². The summed E-state index contributed by atoms with van der Waals surface area (Å²) >= 11 is 7.75. The summed E-state index contributed by atoms with van der Waals surface area (Å²) in [5, 5.41) is 0.746. The molecule has 0 atom stereocenters. The normalized spacial score (nSPS) is 10.7. The van der Waals surface area contributed by atoms with Crippen molar-refractivity contribution < 1.29 is 4.74 Å². The van der Waals surface area contributed by atoms with E-state index in [2.05, 4.69) is 0 Å². The van der Waals surface area contributed by atoms with Crippen LogP contribution in [-0.2, 0) is 0 Å². The number of benzene rings is 2. The summed E-state index contributed by atoms with van der Waals surface area (Å²) < 4.78 is 5.68. The van der Waals surface area contributed by atoms with Gasteiger partial charge in [-0.05, 0) is 44.2 Å². The van der Waals surface area contributed by atoms with Crippen LogP contribution >= 0.6 is 23.4 Å². The SMILES string of the molecule is CC(C)Oc1cc(Sc2ccccc2Cl)ccc1N. The van der Waals surface area contributed by atoms with Crippen molar-refractivity contribution in [3.63, 3.8) is 0 Å². The van der Waals surface area contributed by atoms with E-state index in [4.69, 9.17) is 22.1 Å². The topological polar surface area (TPSA) is 35.2 Å². The zero-order chi connectivity index (χ0) is 13.8. The van der Waals surface area contributed by atoms with E-state index < -0.39 is 0 Å². The van der Waals surface area contributed by atoms with Crippen LogP contribution in [0.4, 0.5) is 5.69 Å². The minimum Gasteiger partial charge on any atom is -0.489 e. The van der Waals surface area contributed by atoms with Crippen LogP contribution < -0.4 is 10.5 Å². The minimum atomic E-state index is 0.0999. The highest BCUT2D eigenvalue weighted by atomic mass is 35.5. The van der Waals surface area contributed by atoms with Crippen molar-refractivity contribution in [3.8, 4) is 5.75 Å². The van der Waals surface area contributed by atoms with Crippen molar-refractivity contribution in [2.75, 3.05) is 5.73 Å². The number of rotatable bonds is 4. The van der Waals surface area contributed by atoms with E-state index >= 15 is 0 Å². The summed E-state index contributed by atoms with van der Waals surface area (Å²) in [5.41, 5.74) is 6.55. The van der Waals surface area contributed by atoms with Crippen molar-refractivity contribution in [1.29, 1.82) is 0 Å². The Morgan fingerprint density at radius 2 is 1.89 bits per heavy atom. The molecule has 2 nitrogen and oxygen atoms in total. The maximum absolute atomic E-state index is 6.15. The van der Waals surface area contributed by atoms with Crippen LogP contribution in [0, 0.1) is 0 Å². The van der Waals surface area contributed by atoms with Crippen LogP contribution in [0.5, 0.6) is 5.75 Å². The molecule has 0 fully saturated rings. The number of nitrogens with two attached hydrogens (primary N) is 1. The fourth-order valence-electron chi connectivity index (χ4n) is 1.59. The second kappa shape index (κ2) is 6.22. The maximum Gasteiger partial charge on any atom is 0.143 e. The van der Waals surface area contributed by atoms with Gasteiger partial charge in [0.25, 0.3) is 0 Å². The summed E-state index contributed by atoms with van der Waals surface area (Å²) in [6.07, 6.45) is 0.0999. The van der Waals surface area contributed by atoms with E-state index in [9.17, 15) is 0 Å². The summed E-state index contributed by atoms with van der Waals surface area (Å²) in [7, 11) is 0. The molecular weight excluding hydrogens is 278 g/mol. The predicted octanol–water partition coefficient (Wildman–Crippen LogP) is 4.86. The molecule has 0 spiro atoms. The molecule has 2 N–H and O–H groups in total. The fraction of sp³-hybridized carbons (Fsp3) is 0.200. The fourth-order valence-corrected chi connectivity index (χ4v) is 2.71. The zero-order valence-electron chi connectivity index (χ0n) is 10.9. The third-order valence-electron chi connectivity index (χ3n) is 2.41. The molecule has 0 saturated carbocycles. The third kappa shape index (κ3) is 3.82. The van der Waals surface area contributed by atoms with Crippen molar-refractivity contribution in [3.05, 3.63) is 47.5 Å². The first-order valence-corrected chi connectivity index (χ1v) is 7.24. The summed E-state index contributed by atoms with van der Waals surface area (Å²) in [6, 6.07) is 13.5. The molecular formula is C15H16ClNOS. The van der Waals surface area contributed by atoms with Crippen LogP contribution in [0.1, 0.15) is 13.8 Å². The number of nitrogen functional groups attached to an aromatic ring is 1. The molecule has 2 rings (SSSR count). The van der Waals surface area contributed by atoms with Gasteiger partial charge in [0.15, 0.2) is 0 Å². The lowest BCUT2D eigenvalue weighted by atomic mass is 10.3. The van der Waals surface area contributed by atoms with Gasteiger partial charge in [0.2, 0.25) is 0 Å². The first-order chi connectivity index (χ1) is 9.06. The largest absolute Gasteiger partial charge is 0.489 e. The quantitative estimate of drug-likeness (QED) is 0.818. The van der Waals surface area contributed by atoms with E-state index in [1.165, 1.54) is 0 Å². The second-order valence-corrected chi connectivity index (χ2v) is 5.92. The lowest BCUT2D eigenvalue weighted by molar-refractivity contribution is 0.243. The van der Waals surface area contributed by atoms with Crippen molar-refractivity contribution in [2.45, 2.75) is 29.7 Å². The lowest BCUT2D eigenvalue weighted by Crippen LogP contribution is -2.07. The Hall–Kier alpha value is -1.32. The maximum atomic E-state index is 6.15. The molecule has 0 aliphatic heterocycles. The molecule has 2 aromatic carbocycles. The highest BCUT2D eigenvalue weighted by Gasteiger charge is 2.07. The molecule has 0 aliphatic rings. The molecule has 2 aromatic rings. The van der Waals surface area contributed by atoms with Gasteiger partial charge < -0.3 is 10.5 Å². The molecule has 0 saturated heterocycles. The van der Waals surface area contributed by atoms with Gasteiger partial charge in [-0.15, -0.1) is 0 Å². The van der Waals surface area contributed by atoms with Gasteiger partial charge in [-0.2, -0.15) is 0 Å². The van der Waals surface area contributed by atoms with Crippen LogP contribution in [0.15, 0.2) is 52.3 Å². The summed E-state index contributed by atoms with van der Waals surface area (Å²) in [6.45, 7) is 3.96. The Kier molecular flexibility index (Phi) is 4.61. The molecule has 0 radical (unpaired) electrons. The average molecular weight is 294 g/mol. The molecule has 0 unspecified atom stereocenters. The van der Waals surface area contributed by atoms with Gasteiger partial charge in [-0.25, -0.2) is 0 Å². The molecule has 0 heterocycles. The van der Waals surface area contributed by atoms with Gasteiger partial charge in [0.05, 0.1) is 16.8 Å². The minimum absolute atomic E-state index is 0.0999. The van der Waals surface area contributed by atoms with E-state index in [1.807, 2.05) is 56.3 Å². The Labute approximate surface area is 122 Å². The van der Waals surface area contributed by atoms with Crippen LogP contribution in [0.25, 0.3) is 0 Å². The van der Waals surface area contributed by atoms with E-state index in [0.29, 0.717) is 11.4 Å². The molecule has 0 aliphatic carbocycles. The monoisotopic (exact) mass is 293 g/mol. The van der Waals surface area contributed by atoms with Gasteiger partial charge in [-0.1, -0.05) is 35.5 Å². The standard InChI is InChI=1S/C15H16ClNOS/c1-10(2)18-14-9-11(7-8-13(14)17)19-15-6-4-3-5-12(15)16/h3-10H,17H2,1-2H3. The summed E-state index contributed by atoms with van der Waals surface area (Å²) in [4.78, 5) is 2.07. The highest BCUT2D eigenvalue weighted by Crippen LogP contribution is 2.36. The van der Waals surface area contributed by atoms with Crippen LogP contribution in [0.3, 0.4) is 0 Å². The van der Waals surface area contributed by atoms with Gasteiger partial charge in [-0.3, -0.25) is 0 Å². The van der Waals surface area contributed by atoms with Crippen molar-refractivity contribution >= 4 is 29.1 Å². The van der Waals surface area contributed by atoms with Crippen LogP contribution in [-0.4, -0.2) is 6.10 Å². The lowest BCUT2D eigenvalue weighted by Gasteiger charge is -2.13. The number of halogens is 1. The van der Waals surface area contributed by atoms with Gasteiger partial charge in [0, 0.05) is 9.79 Å². The molecule has 0 bridgehead atoms. The smallest absolute Gasteiger partial charge is 0.143 e. The van der Waals surface area contributed by atoms with Crippen LogP contribution in [0.2, 0.25) is 5.02 Å². The number of hydrogen-bond donors (Lipinski definition) is 1. The Balaban J connectivity index is 2.24. The predicted molar refractivity (Wildman–Crippen MR) is 82.2 cm³/mol. The second-order valence-electron chi connectivity index (χ2n) is 4.40. The molecule has 0 aromatic heterocycles. The van der Waals surface area contributed by atoms with E-state index in [-0.39, 0.29) is 6.10 Å². The molecule has 100 valence electrons. The number of hydrogen-bond acceptors (Lipinski definition) is 3. The Morgan fingerprint density at radius 3 is 2.58 bits per heavy atom. The average Bonchev–Trinajstić information content (AvgIpc) is 2.35. The van der Waals surface area contributed by atoms with Crippen molar-refractivity contribution in [2.24, 2.45) is 0 Å². The summed E-state index contributed by atoms with van der Waals surface area (Å²) in [5.74, 6) is 0.715. The Bertz CT molecular complexity index is 572. The number of anilines is 1. The first-order valence-electron chi connectivity index (χ1n) is 6.05.